The van der Waals surface area contributed by atoms with Gasteiger partial charge in [-0.15, -0.1) is 0 Å². The second-order valence-corrected chi connectivity index (χ2v) is 6.37. The molecule has 1 aromatic rings. The molecule has 1 aliphatic heterocycles. The quantitative estimate of drug-likeness (QED) is 0.833. The first-order valence-corrected chi connectivity index (χ1v) is 8.31. The highest BCUT2D eigenvalue weighted by molar-refractivity contribution is 5.95. The van der Waals surface area contributed by atoms with Gasteiger partial charge in [0.1, 0.15) is 5.82 Å². The number of rotatable bonds is 3. The minimum Gasteiger partial charge on any atom is -0.399 e. The molecule has 1 saturated carbocycles. The third kappa shape index (κ3) is 4.00. The summed E-state index contributed by atoms with van der Waals surface area (Å²) in [7, 11) is 0. The van der Waals surface area contributed by atoms with Crippen molar-refractivity contribution in [3.05, 3.63) is 29.6 Å². The molecule has 1 aliphatic carbocycles. The molecule has 6 heteroatoms. The predicted molar refractivity (Wildman–Crippen MR) is 86.7 cm³/mol. The van der Waals surface area contributed by atoms with Gasteiger partial charge in [-0.25, -0.2) is 4.39 Å². The van der Waals surface area contributed by atoms with Gasteiger partial charge >= 0.3 is 0 Å². The topological polar surface area (TPSA) is 67.6 Å². The van der Waals surface area contributed by atoms with Crippen LogP contribution in [0.3, 0.4) is 0 Å². The molecule has 1 amide bonds. The Labute approximate surface area is 136 Å². The van der Waals surface area contributed by atoms with Gasteiger partial charge in [0.05, 0.1) is 18.8 Å². The number of ether oxygens (including phenoxy) is 1. The summed E-state index contributed by atoms with van der Waals surface area (Å²) < 4.78 is 19.2. The molecule has 0 atom stereocenters. The molecule has 1 saturated heterocycles. The Morgan fingerprint density at radius 1 is 1.22 bits per heavy atom. The van der Waals surface area contributed by atoms with Crippen molar-refractivity contribution in [1.29, 1.82) is 0 Å². The molecule has 1 heterocycles. The number of nitrogen functional groups attached to an aromatic ring is 1. The van der Waals surface area contributed by atoms with E-state index >= 15 is 0 Å². The Balaban J connectivity index is 1.51. The molecule has 3 N–H and O–H groups in total. The monoisotopic (exact) mass is 321 g/mol. The van der Waals surface area contributed by atoms with Crippen molar-refractivity contribution in [3.63, 3.8) is 0 Å². The second-order valence-electron chi connectivity index (χ2n) is 6.37. The zero-order chi connectivity index (χ0) is 16.2. The van der Waals surface area contributed by atoms with Crippen LogP contribution in [0.15, 0.2) is 18.2 Å². The van der Waals surface area contributed by atoms with Crippen molar-refractivity contribution in [3.8, 4) is 0 Å². The van der Waals surface area contributed by atoms with Crippen LogP contribution in [0.2, 0.25) is 0 Å². The normalized spacial score (nSPS) is 26.0. The molecule has 2 fully saturated rings. The number of carbonyl (C=O) groups is 1. The van der Waals surface area contributed by atoms with Crippen molar-refractivity contribution < 1.29 is 13.9 Å². The van der Waals surface area contributed by atoms with Crippen molar-refractivity contribution in [2.24, 2.45) is 0 Å². The SMILES string of the molecule is Nc1ccc(C(=O)N[C@H]2CC[C@H](N3CCOCC3)CC2)c(F)c1. The molecule has 0 radical (unpaired) electrons. The number of halogens is 1. The molecule has 0 unspecified atom stereocenters. The van der Waals surface area contributed by atoms with E-state index in [0.717, 1.165) is 52.0 Å². The first-order valence-electron chi connectivity index (χ1n) is 8.31. The van der Waals surface area contributed by atoms with Gasteiger partial charge in [-0.2, -0.15) is 0 Å². The molecule has 0 spiro atoms. The smallest absolute Gasteiger partial charge is 0.254 e. The van der Waals surface area contributed by atoms with Crippen molar-refractivity contribution in [2.75, 3.05) is 32.0 Å². The Morgan fingerprint density at radius 2 is 1.91 bits per heavy atom. The Kier molecular flexibility index (Phi) is 5.13. The van der Waals surface area contributed by atoms with Crippen LogP contribution in [0.4, 0.5) is 10.1 Å². The molecule has 3 rings (SSSR count). The van der Waals surface area contributed by atoms with Crippen LogP contribution in [0.1, 0.15) is 36.0 Å². The van der Waals surface area contributed by atoms with Gasteiger partial charge in [-0.05, 0) is 43.9 Å². The number of anilines is 1. The van der Waals surface area contributed by atoms with Crippen LogP contribution in [-0.2, 0) is 4.74 Å². The number of nitrogens with zero attached hydrogens (tertiary/aromatic N) is 1. The van der Waals surface area contributed by atoms with Gasteiger partial charge in [0.15, 0.2) is 0 Å². The molecule has 23 heavy (non-hydrogen) atoms. The van der Waals surface area contributed by atoms with E-state index in [1.165, 1.54) is 12.1 Å². The van der Waals surface area contributed by atoms with Crippen LogP contribution in [0, 0.1) is 5.82 Å². The van der Waals surface area contributed by atoms with E-state index in [9.17, 15) is 9.18 Å². The molecule has 5 nitrogen and oxygen atoms in total. The van der Waals surface area contributed by atoms with Crippen LogP contribution in [-0.4, -0.2) is 49.2 Å². The maximum atomic E-state index is 13.8. The van der Waals surface area contributed by atoms with Crippen LogP contribution in [0.25, 0.3) is 0 Å². The Hall–Kier alpha value is -1.66. The van der Waals surface area contributed by atoms with E-state index in [1.54, 1.807) is 6.07 Å². The molecule has 0 aromatic heterocycles. The Morgan fingerprint density at radius 3 is 2.57 bits per heavy atom. The van der Waals surface area contributed by atoms with Gasteiger partial charge in [-0.1, -0.05) is 0 Å². The first-order chi connectivity index (χ1) is 11.1. The molecule has 0 bridgehead atoms. The summed E-state index contributed by atoms with van der Waals surface area (Å²) >= 11 is 0. The highest BCUT2D eigenvalue weighted by Crippen LogP contribution is 2.24. The van der Waals surface area contributed by atoms with E-state index < -0.39 is 5.82 Å². The molecule has 2 aliphatic rings. The number of nitrogens with two attached hydrogens (primary N) is 1. The summed E-state index contributed by atoms with van der Waals surface area (Å²) in [5.74, 6) is -0.915. The van der Waals surface area contributed by atoms with Crippen LogP contribution >= 0.6 is 0 Å². The lowest BCUT2D eigenvalue weighted by molar-refractivity contribution is 0.00664. The van der Waals surface area contributed by atoms with Gasteiger partial charge in [0.2, 0.25) is 0 Å². The number of amides is 1. The maximum absolute atomic E-state index is 13.8. The van der Waals surface area contributed by atoms with E-state index in [1.807, 2.05) is 0 Å². The highest BCUT2D eigenvalue weighted by atomic mass is 19.1. The van der Waals surface area contributed by atoms with Gasteiger partial charge in [0, 0.05) is 30.9 Å². The Bertz CT molecular complexity index is 553. The largest absolute Gasteiger partial charge is 0.399 e. The number of hydrogen-bond acceptors (Lipinski definition) is 4. The predicted octanol–water partition coefficient (Wildman–Crippen LogP) is 1.78. The summed E-state index contributed by atoms with van der Waals surface area (Å²) in [6, 6.07) is 4.88. The van der Waals surface area contributed by atoms with Crippen molar-refractivity contribution in [2.45, 2.75) is 37.8 Å². The number of carbonyl (C=O) groups excluding carboxylic acids is 1. The van der Waals surface area contributed by atoms with Crippen molar-refractivity contribution in [1.82, 2.24) is 10.2 Å². The van der Waals surface area contributed by atoms with E-state index in [-0.39, 0.29) is 17.5 Å². The summed E-state index contributed by atoms with van der Waals surface area (Å²) in [5.41, 5.74) is 5.90. The number of nitrogens with one attached hydrogen (secondary N) is 1. The number of benzene rings is 1. The van der Waals surface area contributed by atoms with Crippen LogP contribution in [0.5, 0.6) is 0 Å². The lowest BCUT2D eigenvalue weighted by Gasteiger charge is -2.38. The molecule has 126 valence electrons. The van der Waals surface area contributed by atoms with Crippen molar-refractivity contribution >= 4 is 11.6 Å². The lowest BCUT2D eigenvalue weighted by atomic mass is 9.89. The fraction of sp³-hybridized carbons (Fsp3) is 0.588. The summed E-state index contributed by atoms with van der Waals surface area (Å²) in [5, 5.41) is 2.96. The standard InChI is InChI=1S/C17H24FN3O2/c18-16-11-12(19)1-6-15(16)17(22)20-13-2-4-14(5-3-13)21-7-9-23-10-8-21/h1,6,11,13-14H,2-5,7-10,19H2,(H,20,22)/t13-,14-. The average Bonchev–Trinajstić information content (AvgIpc) is 2.56. The average molecular weight is 321 g/mol. The minimum atomic E-state index is -0.565. The molecular weight excluding hydrogens is 297 g/mol. The summed E-state index contributed by atoms with van der Waals surface area (Å²) in [4.78, 5) is 14.7. The van der Waals surface area contributed by atoms with E-state index in [0.29, 0.717) is 11.7 Å². The first kappa shape index (κ1) is 16.2. The zero-order valence-electron chi connectivity index (χ0n) is 13.3. The summed E-state index contributed by atoms with van der Waals surface area (Å²) in [6.07, 6.45) is 4.00. The number of hydrogen-bond donors (Lipinski definition) is 2. The lowest BCUT2D eigenvalue weighted by Crippen LogP contribution is -2.47. The molecular formula is C17H24FN3O2. The fourth-order valence-electron chi connectivity index (χ4n) is 3.51. The van der Waals surface area contributed by atoms with Gasteiger partial charge in [0.25, 0.3) is 5.91 Å². The molecule has 1 aromatic carbocycles. The minimum absolute atomic E-state index is 0.0644. The van der Waals surface area contributed by atoms with Crippen LogP contribution < -0.4 is 11.1 Å². The van der Waals surface area contributed by atoms with Gasteiger partial charge < -0.3 is 15.8 Å². The van der Waals surface area contributed by atoms with Gasteiger partial charge in [-0.3, -0.25) is 9.69 Å². The zero-order valence-corrected chi connectivity index (χ0v) is 13.3. The fourth-order valence-corrected chi connectivity index (χ4v) is 3.51. The van der Waals surface area contributed by atoms with E-state index in [2.05, 4.69) is 10.2 Å². The second kappa shape index (κ2) is 7.27. The number of morpholine rings is 1. The third-order valence-corrected chi connectivity index (χ3v) is 4.83. The summed E-state index contributed by atoms with van der Waals surface area (Å²) in [6.45, 7) is 3.62. The maximum Gasteiger partial charge on any atom is 0.254 e. The highest BCUT2D eigenvalue weighted by Gasteiger charge is 2.28. The third-order valence-electron chi connectivity index (χ3n) is 4.83. The van der Waals surface area contributed by atoms with E-state index in [4.69, 9.17) is 10.5 Å².